The SMILES string of the molecule is C[C@H]1C[C@@H]2CCCC3(C)OO[C@]24[C@H](OC(F)[C@H](C)[C@@H]4C1)O3. The van der Waals surface area contributed by atoms with Gasteiger partial charge in [-0.3, -0.25) is 0 Å². The van der Waals surface area contributed by atoms with Gasteiger partial charge in [0, 0.05) is 18.3 Å². The van der Waals surface area contributed by atoms with E-state index in [1.807, 2.05) is 13.8 Å². The molecule has 5 rings (SSSR count). The first kappa shape index (κ1) is 14.4. The van der Waals surface area contributed by atoms with Crippen LogP contribution in [0.5, 0.6) is 0 Å². The Bertz CT molecular complexity index is 433. The molecule has 0 amide bonds. The third-order valence-corrected chi connectivity index (χ3v) is 6.13. The maximum atomic E-state index is 14.3. The molecule has 0 aromatic heterocycles. The molecular weight excluding hydrogens is 275 g/mol. The second-order valence-corrected chi connectivity index (χ2v) is 7.72. The fourth-order valence-electron chi connectivity index (χ4n) is 5.02. The van der Waals surface area contributed by atoms with Crippen molar-refractivity contribution in [2.24, 2.45) is 23.7 Å². The van der Waals surface area contributed by atoms with Crippen molar-refractivity contribution in [3.05, 3.63) is 0 Å². The Morgan fingerprint density at radius 3 is 2.76 bits per heavy atom. The minimum Gasteiger partial charge on any atom is -0.315 e. The van der Waals surface area contributed by atoms with Gasteiger partial charge in [0.25, 0.3) is 0 Å². The molecule has 4 nitrogen and oxygen atoms in total. The molecule has 0 radical (unpaired) electrons. The van der Waals surface area contributed by atoms with Crippen molar-refractivity contribution in [1.29, 1.82) is 0 Å². The van der Waals surface area contributed by atoms with E-state index in [1.54, 1.807) is 0 Å². The van der Waals surface area contributed by atoms with Crippen LogP contribution in [0.1, 0.15) is 52.9 Å². The highest BCUT2D eigenvalue weighted by atomic mass is 19.1. The lowest BCUT2D eigenvalue weighted by molar-refractivity contribution is -0.587. The van der Waals surface area contributed by atoms with Crippen LogP contribution in [0.3, 0.4) is 0 Å². The first-order chi connectivity index (χ1) is 9.94. The quantitative estimate of drug-likeness (QED) is 0.641. The van der Waals surface area contributed by atoms with E-state index in [4.69, 9.17) is 19.2 Å². The largest absolute Gasteiger partial charge is 0.315 e. The van der Waals surface area contributed by atoms with Gasteiger partial charge in [-0.2, -0.15) is 0 Å². The van der Waals surface area contributed by atoms with Gasteiger partial charge in [-0.25, -0.2) is 14.2 Å². The van der Waals surface area contributed by atoms with Crippen LogP contribution in [0, 0.1) is 23.7 Å². The number of alkyl halides is 1. The molecule has 2 unspecified atom stereocenters. The van der Waals surface area contributed by atoms with Crippen LogP contribution in [0.15, 0.2) is 0 Å². The lowest BCUT2D eigenvalue weighted by Crippen LogP contribution is -2.72. The Balaban J connectivity index is 1.78. The molecule has 5 aliphatic rings. The fraction of sp³-hybridized carbons (Fsp3) is 1.00. The molecule has 8 atom stereocenters. The first-order valence-corrected chi connectivity index (χ1v) is 8.29. The van der Waals surface area contributed by atoms with Crippen molar-refractivity contribution in [1.82, 2.24) is 0 Å². The minimum atomic E-state index is -1.29. The average Bonchev–Trinajstić information content (AvgIpc) is 2.41. The van der Waals surface area contributed by atoms with Crippen LogP contribution in [-0.2, 0) is 19.2 Å². The van der Waals surface area contributed by atoms with Crippen LogP contribution in [-0.4, -0.2) is 24.0 Å². The van der Waals surface area contributed by atoms with Gasteiger partial charge in [0.05, 0.1) is 0 Å². The van der Waals surface area contributed by atoms with E-state index in [1.165, 1.54) is 0 Å². The molecule has 5 fully saturated rings. The lowest BCUT2D eigenvalue weighted by Gasteiger charge is -2.62. The van der Waals surface area contributed by atoms with Gasteiger partial charge >= 0.3 is 0 Å². The van der Waals surface area contributed by atoms with Gasteiger partial charge in [0.15, 0.2) is 11.9 Å². The molecule has 4 heterocycles. The fourth-order valence-corrected chi connectivity index (χ4v) is 5.02. The smallest absolute Gasteiger partial charge is 0.204 e. The van der Waals surface area contributed by atoms with E-state index in [2.05, 4.69) is 6.92 Å². The van der Waals surface area contributed by atoms with E-state index in [0.717, 1.165) is 32.1 Å². The number of hydrogen-bond acceptors (Lipinski definition) is 4. The third kappa shape index (κ3) is 1.94. The van der Waals surface area contributed by atoms with Crippen LogP contribution in [0.25, 0.3) is 0 Å². The van der Waals surface area contributed by atoms with Gasteiger partial charge in [-0.1, -0.05) is 13.8 Å². The maximum Gasteiger partial charge on any atom is 0.204 e. The van der Waals surface area contributed by atoms with E-state index in [9.17, 15) is 4.39 Å². The van der Waals surface area contributed by atoms with Crippen molar-refractivity contribution in [3.8, 4) is 0 Å². The van der Waals surface area contributed by atoms with Crippen molar-refractivity contribution in [2.45, 2.75) is 76.9 Å². The Kier molecular flexibility index (Phi) is 3.17. The topological polar surface area (TPSA) is 36.9 Å². The summed E-state index contributed by atoms with van der Waals surface area (Å²) in [6, 6.07) is 0. The zero-order valence-electron chi connectivity index (χ0n) is 13.0. The average molecular weight is 300 g/mol. The van der Waals surface area contributed by atoms with E-state index >= 15 is 0 Å². The van der Waals surface area contributed by atoms with Crippen LogP contribution in [0.2, 0.25) is 0 Å². The van der Waals surface area contributed by atoms with Gasteiger partial charge in [-0.05, 0) is 44.4 Å². The zero-order chi connectivity index (χ0) is 14.8. The molecule has 2 bridgehead atoms. The second-order valence-electron chi connectivity index (χ2n) is 7.72. The van der Waals surface area contributed by atoms with Crippen molar-refractivity contribution in [3.63, 3.8) is 0 Å². The van der Waals surface area contributed by atoms with Gasteiger partial charge in [0.2, 0.25) is 12.1 Å². The van der Waals surface area contributed by atoms with E-state index in [0.29, 0.717) is 11.8 Å². The van der Waals surface area contributed by atoms with Crippen LogP contribution in [0.4, 0.5) is 4.39 Å². The molecule has 1 saturated carbocycles. The molecule has 4 aliphatic heterocycles. The summed E-state index contributed by atoms with van der Waals surface area (Å²) < 4.78 is 26.0. The highest BCUT2D eigenvalue weighted by Crippen LogP contribution is 2.59. The van der Waals surface area contributed by atoms with Crippen molar-refractivity contribution >= 4 is 0 Å². The normalized spacial score (nSPS) is 60.0. The number of halogens is 1. The summed E-state index contributed by atoms with van der Waals surface area (Å²) in [5.74, 6) is -0.0222. The molecule has 120 valence electrons. The molecule has 0 N–H and O–H groups in total. The highest BCUT2D eigenvalue weighted by Gasteiger charge is 2.67. The molecule has 0 aromatic rings. The molecule has 1 spiro atoms. The summed E-state index contributed by atoms with van der Waals surface area (Å²) in [5.41, 5.74) is -0.631. The summed E-state index contributed by atoms with van der Waals surface area (Å²) in [6.45, 7) is 6.03. The zero-order valence-corrected chi connectivity index (χ0v) is 13.0. The molecule has 5 heteroatoms. The van der Waals surface area contributed by atoms with E-state index < -0.39 is 24.0 Å². The molecule has 4 saturated heterocycles. The number of fused-ring (bicyclic) bond motifs is 3. The molecular formula is C16H25FO4. The predicted molar refractivity (Wildman–Crippen MR) is 72.6 cm³/mol. The third-order valence-electron chi connectivity index (χ3n) is 6.13. The summed E-state index contributed by atoms with van der Waals surface area (Å²) in [6.07, 6.45) is 2.96. The van der Waals surface area contributed by atoms with Gasteiger partial charge in [0.1, 0.15) is 0 Å². The van der Waals surface area contributed by atoms with Gasteiger partial charge in [-0.15, -0.1) is 0 Å². The van der Waals surface area contributed by atoms with Crippen LogP contribution >= 0.6 is 0 Å². The Labute approximate surface area is 125 Å². The predicted octanol–water partition coefficient (Wildman–Crippen LogP) is 3.55. The Hall–Kier alpha value is -0.230. The molecule has 1 aliphatic carbocycles. The van der Waals surface area contributed by atoms with E-state index in [-0.39, 0.29) is 11.8 Å². The minimum absolute atomic E-state index is 0.0858. The molecule has 21 heavy (non-hydrogen) atoms. The Morgan fingerprint density at radius 1 is 1.14 bits per heavy atom. The Morgan fingerprint density at radius 2 is 1.95 bits per heavy atom. The first-order valence-electron chi connectivity index (χ1n) is 8.29. The second kappa shape index (κ2) is 4.63. The standard InChI is InChI=1S/C16H25FO4/c1-9-7-11-5-4-6-15(3)19-14-16(11,21-20-15)12(8-9)10(2)13(17)18-14/h9-14H,4-8H2,1-3H3/t9-,10+,11-,12-,13?,14+,15?,16+/m0/s1. The molecule has 0 aromatic carbocycles. The summed E-state index contributed by atoms with van der Waals surface area (Å²) in [7, 11) is 0. The summed E-state index contributed by atoms with van der Waals surface area (Å²) in [4.78, 5) is 11.7. The maximum absolute atomic E-state index is 14.3. The number of hydrogen-bond donors (Lipinski definition) is 0. The number of ether oxygens (including phenoxy) is 2. The van der Waals surface area contributed by atoms with Crippen molar-refractivity contribution < 1.29 is 23.6 Å². The number of rotatable bonds is 0. The summed E-state index contributed by atoms with van der Waals surface area (Å²) in [5, 5.41) is 0. The van der Waals surface area contributed by atoms with Gasteiger partial charge < -0.3 is 9.47 Å². The summed E-state index contributed by atoms with van der Waals surface area (Å²) >= 11 is 0. The van der Waals surface area contributed by atoms with Crippen molar-refractivity contribution in [2.75, 3.05) is 0 Å². The monoisotopic (exact) mass is 300 g/mol. The highest BCUT2D eigenvalue weighted by molar-refractivity contribution is 5.07. The van der Waals surface area contributed by atoms with Crippen LogP contribution < -0.4 is 0 Å². The lowest BCUT2D eigenvalue weighted by atomic mass is 9.58.